The smallest absolute Gasteiger partial charge is 0.188 e. The van der Waals surface area contributed by atoms with E-state index in [-0.39, 0.29) is 5.78 Å². The third kappa shape index (κ3) is 3.55. The van der Waals surface area contributed by atoms with E-state index >= 15 is 0 Å². The number of fused-ring (bicyclic) bond motifs is 1. The molecule has 0 fully saturated rings. The summed E-state index contributed by atoms with van der Waals surface area (Å²) in [6.45, 7) is 0.727. The molecule has 0 aliphatic carbocycles. The van der Waals surface area contributed by atoms with E-state index < -0.39 is 0 Å². The van der Waals surface area contributed by atoms with Crippen LogP contribution in [0.25, 0.3) is 0 Å². The largest absolute Gasteiger partial charge is 0.330 e. The Morgan fingerprint density at radius 3 is 2.38 bits per heavy atom. The molecule has 1 aliphatic heterocycles. The molecule has 3 aromatic carbocycles. The van der Waals surface area contributed by atoms with E-state index in [1.165, 1.54) is 10.5 Å². The fourth-order valence-corrected chi connectivity index (χ4v) is 4.12. The summed E-state index contributed by atoms with van der Waals surface area (Å²) in [5.74, 6) is -0.0185. The molecule has 4 heteroatoms. The van der Waals surface area contributed by atoms with Gasteiger partial charge in [-0.3, -0.25) is 4.79 Å². The molecule has 0 bridgehead atoms. The second kappa shape index (κ2) is 7.40. The fourth-order valence-electron chi connectivity index (χ4n) is 2.90. The predicted molar refractivity (Wildman–Crippen MR) is 109 cm³/mol. The van der Waals surface area contributed by atoms with Crippen LogP contribution in [-0.2, 0) is 6.54 Å². The van der Waals surface area contributed by atoms with Gasteiger partial charge in [0.05, 0.1) is 10.7 Å². The molecule has 4 rings (SSSR count). The number of nitrogens with zero attached hydrogens (tertiary/aromatic N) is 1. The summed E-state index contributed by atoms with van der Waals surface area (Å²) in [6.07, 6.45) is 1.72. The maximum atomic E-state index is 12.7. The molecule has 0 unspecified atom stereocenters. The third-order valence-corrected chi connectivity index (χ3v) is 5.57. The van der Waals surface area contributed by atoms with Crippen LogP contribution >= 0.6 is 23.4 Å². The summed E-state index contributed by atoms with van der Waals surface area (Å²) in [6, 6.07) is 25.5. The second-order valence-electron chi connectivity index (χ2n) is 6.00. The molecule has 0 radical (unpaired) electrons. The van der Waals surface area contributed by atoms with Gasteiger partial charge in [0, 0.05) is 28.1 Å². The standard InChI is InChI=1S/C22H16ClNOS/c23-18-12-10-17(11-13-18)20(25)14-22-24(15-16-6-2-1-3-7-16)19-8-4-5-9-21(19)26-22/h1-14H,15H2/b22-14+. The lowest BCUT2D eigenvalue weighted by molar-refractivity contribution is 0.104. The highest BCUT2D eigenvalue weighted by atomic mass is 35.5. The zero-order chi connectivity index (χ0) is 17.9. The molecule has 0 atom stereocenters. The van der Waals surface area contributed by atoms with E-state index in [0.717, 1.165) is 17.3 Å². The number of ketones is 1. The summed E-state index contributed by atoms with van der Waals surface area (Å²) >= 11 is 7.55. The Kier molecular flexibility index (Phi) is 4.83. The maximum absolute atomic E-state index is 12.7. The van der Waals surface area contributed by atoms with Crippen molar-refractivity contribution < 1.29 is 4.79 Å². The molecule has 128 valence electrons. The molecule has 26 heavy (non-hydrogen) atoms. The number of rotatable bonds is 4. The molecule has 0 saturated carbocycles. The Hall–Kier alpha value is -2.49. The van der Waals surface area contributed by atoms with Crippen LogP contribution in [0, 0.1) is 0 Å². The quantitative estimate of drug-likeness (QED) is 0.400. The molecule has 1 heterocycles. The molecular formula is C22H16ClNOS. The number of allylic oxidation sites excluding steroid dienone is 1. The van der Waals surface area contributed by atoms with E-state index in [4.69, 9.17) is 11.6 Å². The average molecular weight is 378 g/mol. The van der Waals surface area contributed by atoms with Crippen molar-refractivity contribution in [1.82, 2.24) is 0 Å². The van der Waals surface area contributed by atoms with Crippen LogP contribution in [0.2, 0.25) is 5.02 Å². The molecule has 0 spiro atoms. The van der Waals surface area contributed by atoms with Gasteiger partial charge in [0.1, 0.15) is 0 Å². The first kappa shape index (κ1) is 17.0. The second-order valence-corrected chi connectivity index (χ2v) is 7.49. The number of hydrogen-bond donors (Lipinski definition) is 0. The van der Waals surface area contributed by atoms with Gasteiger partial charge in [-0.2, -0.15) is 0 Å². The highest BCUT2D eigenvalue weighted by Gasteiger charge is 2.25. The van der Waals surface area contributed by atoms with Crippen molar-refractivity contribution in [3.05, 3.63) is 106 Å². The third-order valence-electron chi connectivity index (χ3n) is 4.20. The van der Waals surface area contributed by atoms with Gasteiger partial charge in [-0.15, -0.1) is 0 Å². The first-order valence-corrected chi connectivity index (χ1v) is 9.50. The topological polar surface area (TPSA) is 20.3 Å². The number of carbonyl (C=O) groups excluding carboxylic acids is 1. The molecule has 0 aromatic heterocycles. The Labute approximate surface area is 162 Å². The van der Waals surface area contributed by atoms with Crippen LogP contribution in [-0.4, -0.2) is 5.78 Å². The summed E-state index contributed by atoms with van der Waals surface area (Å²) in [5.41, 5.74) is 2.98. The highest BCUT2D eigenvalue weighted by molar-refractivity contribution is 8.03. The van der Waals surface area contributed by atoms with Crippen LogP contribution in [0.1, 0.15) is 15.9 Å². The first-order chi connectivity index (χ1) is 12.7. The Bertz CT molecular complexity index is 967. The van der Waals surface area contributed by atoms with E-state index in [2.05, 4.69) is 29.2 Å². The highest BCUT2D eigenvalue weighted by Crippen LogP contribution is 2.46. The van der Waals surface area contributed by atoms with Gasteiger partial charge in [0.25, 0.3) is 0 Å². The minimum Gasteiger partial charge on any atom is -0.330 e. The maximum Gasteiger partial charge on any atom is 0.188 e. The molecule has 3 aromatic rings. The number of carbonyl (C=O) groups is 1. The van der Waals surface area contributed by atoms with Crippen molar-refractivity contribution in [1.29, 1.82) is 0 Å². The van der Waals surface area contributed by atoms with Crippen LogP contribution in [0.3, 0.4) is 0 Å². The van der Waals surface area contributed by atoms with Gasteiger partial charge in [-0.05, 0) is 42.0 Å². The van der Waals surface area contributed by atoms with Crippen LogP contribution in [0.15, 0.2) is 94.9 Å². The molecular weight excluding hydrogens is 362 g/mol. The van der Waals surface area contributed by atoms with Crippen LogP contribution in [0.4, 0.5) is 5.69 Å². The molecule has 0 saturated heterocycles. The molecule has 2 nitrogen and oxygen atoms in total. The lowest BCUT2D eigenvalue weighted by Crippen LogP contribution is -2.17. The lowest BCUT2D eigenvalue weighted by Gasteiger charge is -2.20. The van der Waals surface area contributed by atoms with Crippen molar-refractivity contribution >= 4 is 34.8 Å². The minimum absolute atomic E-state index is 0.0185. The monoisotopic (exact) mass is 377 g/mol. The van der Waals surface area contributed by atoms with Crippen molar-refractivity contribution in [2.45, 2.75) is 11.4 Å². The Balaban J connectivity index is 1.67. The number of para-hydroxylation sites is 1. The Morgan fingerprint density at radius 1 is 0.923 bits per heavy atom. The van der Waals surface area contributed by atoms with Crippen LogP contribution in [0.5, 0.6) is 0 Å². The van der Waals surface area contributed by atoms with Crippen LogP contribution < -0.4 is 4.90 Å². The van der Waals surface area contributed by atoms with Crippen molar-refractivity contribution in [3.8, 4) is 0 Å². The average Bonchev–Trinajstić information content (AvgIpc) is 3.00. The number of benzene rings is 3. The summed E-state index contributed by atoms with van der Waals surface area (Å²) in [5, 5.41) is 1.57. The van der Waals surface area contributed by atoms with E-state index in [9.17, 15) is 4.79 Å². The van der Waals surface area contributed by atoms with Crippen molar-refractivity contribution in [2.75, 3.05) is 4.90 Å². The first-order valence-electron chi connectivity index (χ1n) is 8.31. The minimum atomic E-state index is -0.0185. The van der Waals surface area contributed by atoms with Gasteiger partial charge in [-0.25, -0.2) is 0 Å². The van der Waals surface area contributed by atoms with Crippen molar-refractivity contribution in [2.24, 2.45) is 0 Å². The molecule has 1 aliphatic rings. The SMILES string of the molecule is O=C(/C=C1/Sc2ccccc2N1Cc1ccccc1)c1ccc(Cl)cc1. The van der Waals surface area contributed by atoms with E-state index in [1.54, 1.807) is 42.1 Å². The number of halogens is 1. The number of anilines is 1. The summed E-state index contributed by atoms with van der Waals surface area (Å²) in [7, 11) is 0. The predicted octanol–water partition coefficient (Wildman–Crippen LogP) is 6.18. The zero-order valence-electron chi connectivity index (χ0n) is 13.9. The number of hydrogen-bond acceptors (Lipinski definition) is 3. The normalized spacial score (nSPS) is 14.5. The molecule has 0 N–H and O–H groups in total. The fraction of sp³-hybridized carbons (Fsp3) is 0.0455. The molecule has 0 amide bonds. The zero-order valence-corrected chi connectivity index (χ0v) is 15.5. The van der Waals surface area contributed by atoms with E-state index in [0.29, 0.717) is 10.6 Å². The van der Waals surface area contributed by atoms with E-state index in [1.807, 2.05) is 30.3 Å². The van der Waals surface area contributed by atoms with Crippen molar-refractivity contribution in [3.63, 3.8) is 0 Å². The lowest BCUT2D eigenvalue weighted by atomic mass is 10.1. The summed E-state index contributed by atoms with van der Waals surface area (Å²) < 4.78 is 0. The van der Waals surface area contributed by atoms with Gasteiger partial charge >= 0.3 is 0 Å². The van der Waals surface area contributed by atoms with Gasteiger partial charge in [0.2, 0.25) is 0 Å². The number of thioether (sulfide) groups is 1. The van der Waals surface area contributed by atoms with Gasteiger partial charge in [-0.1, -0.05) is 65.8 Å². The Morgan fingerprint density at radius 2 is 1.62 bits per heavy atom. The van der Waals surface area contributed by atoms with Gasteiger partial charge < -0.3 is 4.90 Å². The summed E-state index contributed by atoms with van der Waals surface area (Å²) in [4.78, 5) is 16.1. The van der Waals surface area contributed by atoms with Gasteiger partial charge in [0.15, 0.2) is 5.78 Å².